The van der Waals surface area contributed by atoms with Crippen LogP contribution in [0.5, 0.6) is 0 Å². The Bertz CT molecular complexity index is 510. The zero-order chi connectivity index (χ0) is 13.1. The highest BCUT2D eigenvalue weighted by atomic mass is 79.9. The van der Waals surface area contributed by atoms with Gasteiger partial charge in [0.1, 0.15) is 0 Å². The lowest BCUT2D eigenvalue weighted by Crippen LogP contribution is -2.30. The Morgan fingerprint density at radius 1 is 1.41 bits per heavy atom. The van der Waals surface area contributed by atoms with Crippen LogP contribution in [0.15, 0.2) is 28.7 Å². The molecule has 94 valence electrons. The lowest BCUT2D eigenvalue weighted by Gasteiger charge is -2.12. The van der Waals surface area contributed by atoms with E-state index >= 15 is 0 Å². The van der Waals surface area contributed by atoms with Crippen LogP contribution in [0, 0.1) is 0 Å². The van der Waals surface area contributed by atoms with Crippen molar-refractivity contribution in [3.05, 3.63) is 34.3 Å². The number of carboxylic acid groups (broad SMARTS) is 1. The molecule has 0 spiro atoms. The van der Waals surface area contributed by atoms with Gasteiger partial charge in [-0.25, -0.2) is 8.42 Å². The third-order valence-electron chi connectivity index (χ3n) is 2.39. The predicted octanol–water partition coefficient (Wildman–Crippen LogP) is 2.23. The van der Waals surface area contributed by atoms with E-state index in [0.29, 0.717) is 10.0 Å². The van der Waals surface area contributed by atoms with E-state index in [0.717, 1.165) is 0 Å². The van der Waals surface area contributed by atoms with Gasteiger partial charge >= 0.3 is 5.97 Å². The van der Waals surface area contributed by atoms with E-state index in [9.17, 15) is 13.2 Å². The number of halogens is 1. The standard InChI is InChI=1S/C11H13BrO4S/c1-2-10(11(13)14)17(15,16)7-8-5-3-4-6-9(8)12/h3-6,10H,2,7H2,1H3,(H,13,14). The van der Waals surface area contributed by atoms with Gasteiger partial charge in [-0.3, -0.25) is 4.79 Å². The third-order valence-corrected chi connectivity index (χ3v) is 5.28. The van der Waals surface area contributed by atoms with Gasteiger partial charge in [-0.15, -0.1) is 0 Å². The normalized spacial score (nSPS) is 13.3. The summed E-state index contributed by atoms with van der Waals surface area (Å²) in [6.07, 6.45) is 0.0715. The molecule has 0 bridgehead atoms. The topological polar surface area (TPSA) is 71.4 Å². The Balaban J connectivity index is 3.02. The smallest absolute Gasteiger partial charge is 0.321 e. The molecule has 1 aromatic rings. The van der Waals surface area contributed by atoms with Gasteiger partial charge in [0, 0.05) is 4.47 Å². The van der Waals surface area contributed by atoms with Crippen LogP contribution in [-0.4, -0.2) is 24.7 Å². The van der Waals surface area contributed by atoms with Gasteiger partial charge < -0.3 is 5.11 Å². The lowest BCUT2D eigenvalue weighted by molar-refractivity contribution is -0.136. The van der Waals surface area contributed by atoms with E-state index < -0.39 is 21.1 Å². The highest BCUT2D eigenvalue weighted by Gasteiger charge is 2.31. The quantitative estimate of drug-likeness (QED) is 0.903. The molecular weight excluding hydrogens is 308 g/mol. The van der Waals surface area contributed by atoms with Crippen LogP contribution in [0.3, 0.4) is 0 Å². The average molecular weight is 321 g/mol. The SMILES string of the molecule is CCC(C(=O)O)S(=O)(=O)Cc1ccccc1Br. The van der Waals surface area contributed by atoms with Crippen molar-refractivity contribution < 1.29 is 18.3 Å². The fourth-order valence-corrected chi connectivity index (χ4v) is 3.83. The first-order valence-corrected chi connectivity index (χ1v) is 7.57. The Morgan fingerprint density at radius 3 is 2.47 bits per heavy atom. The highest BCUT2D eigenvalue weighted by molar-refractivity contribution is 9.10. The molecule has 0 amide bonds. The summed E-state index contributed by atoms with van der Waals surface area (Å²) in [4.78, 5) is 10.9. The summed E-state index contributed by atoms with van der Waals surface area (Å²) in [7, 11) is -3.68. The van der Waals surface area contributed by atoms with Crippen molar-refractivity contribution >= 4 is 31.7 Å². The molecule has 1 unspecified atom stereocenters. The second-order valence-corrected chi connectivity index (χ2v) is 6.67. The summed E-state index contributed by atoms with van der Waals surface area (Å²) < 4.78 is 24.5. The molecule has 0 radical (unpaired) electrons. The van der Waals surface area contributed by atoms with Gasteiger partial charge in [-0.1, -0.05) is 41.1 Å². The van der Waals surface area contributed by atoms with Gasteiger partial charge in [0.25, 0.3) is 0 Å². The molecule has 1 aromatic carbocycles. The zero-order valence-electron chi connectivity index (χ0n) is 9.26. The molecule has 0 aliphatic carbocycles. The van der Waals surface area contributed by atoms with Crippen molar-refractivity contribution in [1.82, 2.24) is 0 Å². The number of benzene rings is 1. The van der Waals surface area contributed by atoms with Gasteiger partial charge in [0.05, 0.1) is 5.75 Å². The summed E-state index contributed by atoms with van der Waals surface area (Å²) in [5, 5.41) is 7.53. The van der Waals surface area contributed by atoms with Crippen molar-refractivity contribution in [3.8, 4) is 0 Å². The third kappa shape index (κ3) is 3.54. The van der Waals surface area contributed by atoms with Crippen molar-refractivity contribution in [1.29, 1.82) is 0 Å². The fraction of sp³-hybridized carbons (Fsp3) is 0.364. The minimum Gasteiger partial charge on any atom is -0.480 e. The molecule has 0 aliphatic heterocycles. The zero-order valence-corrected chi connectivity index (χ0v) is 11.7. The van der Waals surface area contributed by atoms with Crippen LogP contribution < -0.4 is 0 Å². The number of sulfone groups is 1. The monoisotopic (exact) mass is 320 g/mol. The summed E-state index contributed by atoms with van der Waals surface area (Å²) in [6.45, 7) is 1.55. The number of hydrogen-bond acceptors (Lipinski definition) is 3. The first kappa shape index (κ1) is 14.2. The number of carbonyl (C=O) groups is 1. The largest absolute Gasteiger partial charge is 0.480 e. The molecule has 0 aromatic heterocycles. The first-order valence-electron chi connectivity index (χ1n) is 5.06. The Labute approximate surface area is 109 Å². The number of aliphatic carboxylic acids is 1. The van der Waals surface area contributed by atoms with Crippen LogP contribution in [0.2, 0.25) is 0 Å². The van der Waals surface area contributed by atoms with Crippen LogP contribution >= 0.6 is 15.9 Å². The summed E-state index contributed by atoms with van der Waals surface area (Å²) in [5.74, 6) is -1.56. The second-order valence-electron chi connectivity index (χ2n) is 3.63. The molecule has 0 saturated carbocycles. The van der Waals surface area contributed by atoms with Crippen molar-refractivity contribution in [2.45, 2.75) is 24.3 Å². The Kier molecular flexibility index (Phi) is 4.70. The molecule has 1 rings (SSSR count). The highest BCUT2D eigenvalue weighted by Crippen LogP contribution is 2.21. The van der Waals surface area contributed by atoms with Crippen molar-refractivity contribution in [2.24, 2.45) is 0 Å². The molecule has 1 N–H and O–H groups in total. The number of carboxylic acids is 1. The summed E-state index contributed by atoms with van der Waals surface area (Å²) >= 11 is 3.25. The Hall–Kier alpha value is -0.880. The number of hydrogen-bond donors (Lipinski definition) is 1. The van der Waals surface area contributed by atoms with E-state index in [2.05, 4.69) is 15.9 Å². The molecule has 6 heteroatoms. The minimum atomic E-state index is -3.68. The molecule has 1 atom stereocenters. The van der Waals surface area contributed by atoms with Gasteiger partial charge in [-0.2, -0.15) is 0 Å². The average Bonchev–Trinajstić information content (AvgIpc) is 2.21. The van der Waals surface area contributed by atoms with E-state index in [4.69, 9.17) is 5.11 Å². The fourth-order valence-electron chi connectivity index (χ4n) is 1.51. The van der Waals surface area contributed by atoms with E-state index in [1.807, 2.05) is 0 Å². The van der Waals surface area contributed by atoms with Gasteiger partial charge in [0.2, 0.25) is 0 Å². The summed E-state index contributed by atoms with van der Waals surface area (Å²) in [6, 6.07) is 6.88. The Morgan fingerprint density at radius 2 is 2.00 bits per heavy atom. The van der Waals surface area contributed by atoms with Crippen LogP contribution in [0.4, 0.5) is 0 Å². The maximum atomic E-state index is 11.9. The first-order chi connectivity index (χ1) is 7.88. The molecule has 0 aliphatic rings. The van der Waals surface area contributed by atoms with E-state index in [-0.39, 0.29) is 12.2 Å². The maximum absolute atomic E-state index is 11.9. The van der Waals surface area contributed by atoms with Crippen LogP contribution in [0.25, 0.3) is 0 Å². The second kappa shape index (κ2) is 5.64. The molecule has 17 heavy (non-hydrogen) atoms. The van der Waals surface area contributed by atoms with E-state index in [1.54, 1.807) is 31.2 Å². The lowest BCUT2D eigenvalue weighted by atomic mass is 10.2. The van der Waals surface area contributed by atoms with Gasteiger partial charge in [0.15, 0.2) is 15.1 Å². The van der Waals surface area contributed by atoms with Crippen LogP contribution in [-0.2, 0) is 20.4 Å². The molecular formula is C11H13BrO4S. The predicted molar refractivity (Wildman–Crippen MR) is 68.5 cm³/mol. The number of rotatable bonds is 5. The molecule has 0 saturated heterocycles. The maximum Gasteiger partial charge on any atom is 0.321 e. The molecule has 0 heterocycles. The molecule has 4 nitrogen and oxygen atoms in total. The van der Waals surface area contributed by atoms with Crippen molar-refractivity contribution in [3.63, 3.8) is 0 Å². The summed E-state index contributed by atoms with van der Waals surface area (Å²) in [5.41, 5.74) is 0.576. The van der Waals surface area contributed by atoms with Crippen molar-refractivity contribution in [2.75, 3.05) is 0 Å². The van der Waals surface area contributed by atoms with Gasteiger partial charge in [-0.05, 0) is 18.1 Å². The van der Waals surface area contributed by atoms with E-state index in [1.165, 1.54) is 0 Å². The minimum absolute atomic E-state index is 0.0715. The van der Waals surface area contributed by atoms with Crippen LogP contribution in [0.1, 0.15) is 18.9 Å². The molecule has 0 fully saturated rings.